The van der Waals surface area contributed by atoms with Gasteiger partial charge in [0, 0.05) is 23.3 Å². The van der Waals surface area contributed by atoms with E-state index in [0.717, 1.165) is 16.7 Å². The molecule has 9 nitrogen and oxygen atoms in total. The predicted octanol–water partition coefficient (Wildman–Crippen LogP) is 1.57. The van der Waals surface area contributed by atoms with Crippen molar-refractivity contribution in [3.8, 4) is 0 Å². The molecule has 0 aromatic carbocycles. The lowest BCUT2D eigenvalue weighted by atomic mass is 10.0. The van der Waals surface area contributed by atoms with E-state index in [1.807, 2.05) is 0 Å². The second-order valence-electron chi connectivity index (χ2n) is 5.96. The number of rotatable bonds is 7. The summed E-state index contributed by atoms with van der Waals surface area (Å²) in [6.45, 7) is 1.38. The van der Waals surface area contributed by atoms with Crippen molar-refractivity contribution in [3.63, 3.8) is 0 Å². The molecule has 3 rings (SSSR count). The average molecular weight is 442 g/mol. The topological polar surface area (TPSA) is 133 Å². The molecule has 3 atom stereocenters. The summed E-state index contributed by atoms with van der Waals surface area (Å²) in [4.78, 5) is 60.5. The molecule has 12 heteroatoms. The number of nitrogens with one attached hydrogen (secondary N) is 1. The zero-order valence-corrected chi connectivity index (χ0v) is 16.9. The quantitative estimate of drug-likeness (QED) is 0.481. The highest BCUT2D eigenvalue weighted by Gasteiger charge is 2.54. The third-order valence-corrected chi connectivity index (χ3v) is 7.33. The number of carboxylic acid groups (broad SMARTS) is 1. The molecule has 28 heavy (non-hydrogen) atoms. The number of nitrogens with zero attached hydrogens (tertiary/aromatic N) is 2. The summed E-state index contributed by atoms with van der Waals surface area (Å²) in [5, 5.41) is 15.9. The van der Waals surface area contributed by atoms with Crippen LogP contribution in [0.15, 0.2) is 34.0 Å². The van der Waals surface area contributed by atoms with Gasteiger partial charge in [0.15, 0.2) is 5.12 Å². The van der Waals surface area contributed by atoms with Gasteiger partial charge in [0.1, 0.15) is 17.1 Å². The van der Waals surface area contributed by atoms with Gasteiger partial charge in [0.05, 0.1) is 0 Å². The minimum absolute atomic E-state index is 0.142. The number of nitroso groups, excluding NO2 is 1. The lowest BCUT2D eigenvalue weighted by molar-refractivity contribution is -0.150. The summed E-state index contributed by atoms with van der Waals surface area (Å²) in [5.41, 5.74) is 0.342. The lowest BCUT2D eigenvalue weighted by Crippen LogP contribution is -2.70. The number of amides is 2. The lowest BCUT2D eigenvalue weighted by Gasteiger charge is -2.49. The van der Waals surface area contributed by atoms with Crippen molar-refractivity contribution in [2.75, 3.05) is 11.5 Å². The standard InChI is InChI=1S/C16H15N3O6S3/c1-7(20)27-5-8-6-28-15-11(14(22)19(15)12(8)16(23)24)17-13(21)10(18-25)9-3-2-4-26-9/h2-4,10-11,15H,5-6H2,1H3,(H,17,21)(H,23,24)/t10?,11-,15+/m1/s1. The van der Waals surface area contributed by atoms with E-state index in [9.17, 15) is 29.2 Å². The number of carbonyl (C=O) groups excluding carboxylic acids is 3. The number of carboxylic acids is 1. The van der Waals surface area contributed by atoms with Crippen LogP contribution in [0.25, 0.3) is 0 Å². The first-order valence-electron chi connectivity index (χ1n) is 8.04. The third kappa shape index (κ3) is 3.84. The first-order valence-corrected chi connectivity index (χ1v) is 11.0. The molecule has 0 aliphatic carbocycles. The van der Waals surface area contributed by atoms with Gasteiger partial charge in [-0.05, 0) is 17.0 Å². The number of β-lactam (4-membered cyclic amide) rings is 1. The van der Waals surface area contributed by atoms with Crippen LogP contribution >= 0.6 is 34.9 Å². The Morgan fingerprint density at radius 3 is 2.79 bits per heavy atom. The minimum Gasteiger partial charge on any atom is -0.477 e. The summed E-state index contributed by atoms with van der Waals surface area (Å²) in [6, 6.07) is 1.10. The van der Waals surface area contributed by atoms with Crippen molar-refractivity contribution < 1.29 is 24.3 Å². The van der Waals surface area contributed by atoms with Crippen LogP contribution in [-0.4, -0.2) is 55.8 Å². The number of hydrogen-bond donors (Lipinski definition) is 2. The van der Waals surface area contributed by atoms with Crippen molar-refractivity contribution in [2.24, 2.45) is 5.18 Å². The Morgan fingerprint density at radius 2 is 2.21 bits per heavy atom. The molecule has 1 saturated heterocycles. The smallest absolute Gasteiger partial charge is 0.352 e. The third-order valence-electron chi connectivity index (χ3n) is 4.16. The van der Waals surface area contributed by atoms with Crippen molar-refractivity contribution in [3.05, 3.63) is 38.6 Å². The normalized spacial score (nSPS) is 22.2. The molecule has 3 heterocycles. The van der Waals surface area contributed by atoms with E-state index in [1.54, 1.807) is 17.5 Å². The maximum absolute atomic E-state index is 12.5. The van der Waals surface area contributed by atoms with Crippen LogP contribution in [0.4, 0.5) is 0 Å². The molecule has 2 amide bonds. The van der Waals surface area contributed by atoms with E-state index in [4.69, 9.17) is 0 Å². The van der Waals surface area contributed by atoms with E-state index in [1.165, 1.54) is 30.0 Å². The van der Waals surface area contributed by atoms with Crippen LogP contribution in [0.3, 0.4) is 0 Å². The number of hydrogen-bond acceptors (Lipinski definition) is 9. The second-order valence-corrected chi connectivity index (χ2v) is 9.19. The maximum atomic E-state index is 12.5. The van der Waals surface area contributed by atoms with Gasteiger partial charge in [-0.15, -0.1) is 28.0 Å². The van der Waals surface area contributed by atoms with E-state index in [0.29, 0.717) is 16.2 Å². The zero-order valence-electron chi connectivity index (χ0n) is 14.5. The Balaban J connectivity index is 1.74. The number of fused-ring (bicyclic) bond motifs is 1. The molecular formula is C16H15N3O6S3. The van der Waals surface area contributed by atoms with Gasteiger partial charge in [-0.3, -0.25) is 19.3 Å². The van der Waals surface area contributed by atoms with Gasteiger partial charge in [-0.25, -0.2) is 4.79 Å². The van der Waals surface area contributed by atoms with Gasteiger partial charge >= 0.3 is 5.97 Å². The van der Waals surface area contributed by atoms with Crippen LogP contribution < -0.4 is 5.32 Å². The molecule has 1 fully saturated rings. The maximum Gasteiger partial charge on any atom is 0.352 e. The molecule has 2 N–H and O–H groups in total. The summed E-state index contributed by atoms with van der Waals surface area (Å²) in [5.74, 6) is -2.01. The van der Waals surface area contributed by atoms with Gasteiger partial charge in [-0.1, -0.05) is 23.0 Å². The average Bonchev–Trinajstić information content (AvgIpc) is 3.18. The molecule has 1 aromatic heterocycles. The van der Waals surface area contributed by atoms with Crippen LogP contribution in [-0.2, 0) is 19.2 Å². The summed E-state index contributed by atoms with van der Waals surface area (Å²) < 4.78 is 0. The Morgan fingerprint density at radius 1 is 1.46 bits per heavy atom. The van der Waals surface area contributed by atoms with Gasteiger partial charge < -0.3 is 10.4 Å². The van der Waals surface area contributed by atoms with Crippen LogP contribution in [0.2, 0.25) is 0 Å². The molecule has 0 spiro atoms. The summed E-state index contributed by atoms with van der Waals surface area (Å²) >= 11 is 3.48. The predicted molar refractivity (Wildman–Crippen MR) is 106 cm³/mol. The Bertz CT molecular complexity index is 869. The molecular weight excluding hydrogens is 426 g/mol. The molecule has 1 aromatic rings. The number of carbonyl (C=O) groups is 4. The fourth-order valence-electron chi connectivity index (χ4n) is 2.89. The highest BCUT2D eigenvalue weighted by molar-refractivity contribution is 8.13. The Kier molecular flexibility index (Phi) is 6.20. The van der Waals surface area contributed by atoms with E-state index >= 15 is 0 Å². The molecule has 2 aliphatic rings. The molecule has 0 bridgehead atoms. The van der Waals surface area contributed by atoms with Crippen molar-refractivity contribution in [2.45, 2.75) is 24.4 Å². The Hall–Kier alpha value is -2.18. The van der Waals surface area contributed by atoms with E-state index < -0.39 is 35.2 Å². The molecule has 148 valence electrons. The first-order chi connectivity index (χ1) is 13.3. The molecule has 0 saturated carbocycles. The van der Waals surface area contributed by atoms with E-state index in [2.05, 4.69) is 10.5 Å². The molecule has 0 radical (unpaired) electrons. The highest BCUT2D eigenvalue weighted by atomic mass is 32.2. The minimum atomic E-state index is -1.26. The molecule has 1 unspecified atom stereocenters. The van der Waals surface area contributed by atoms with Crippen molar-refractivity contribution >= 4 is 57.8 Å². The van der Waals surface area contributed by atoms with Crippen LogP contribution in [0.5, 0.6) is 0 Å². The monoisotopic (exact) mass is 441 g/mol. The van der Waals surface area contributed by atoms with Gasteiger partial charge in [0.2, 0.25) is 6.04 Å². The van der Waals surface area contributed by atoms with Crippen molar-refractivity contribution in [1.29, 1.82) is 0 Å². The SMILES string of the molecule is CC(=O)SCC1=C(C(=O)O)N2C(=O)[C@@H](NC(=O)C(N=O)c3cccs3)[C@@H]2SC1. The van der Waals surface area contributed by atoms with Crippen LogP contribution in [0.1, 0.15) is 17.8 Å². The largest absolute Gasteiger partial charge is 0.477 e. The fourth-order valence-corrected chi connectivity index (χ4v) is 5.73. The van der Waals surface area contributed by atoms with Gasteiger partial charge in [-0.2, -0.15) is 0 Å². The Labute approximate surface area is 171 Å². The summed E-state index contributed by atoms with van der Waals surface area (Å²) in [7, 11) is 0. The highest BCUT2D eigenvalue weighted by Crippen LogP contribution is 2.41. The van der Waals surface area contributed by atoms with Crippen molar-refractivity contribution in [1.82, 2.24) is 10.2 Å². The molecule has 2 aliphatic heterocycles. The van der Waals surface area contributed by atoms with Crippen LogP contribution in [0, 0.1) is 4.91 Å². The second kappa shape index (κ2) is 8.45. The fraction of sp³-hybridized carbons (Fsp3) is 0.375. The number of thioether (sulfide) groups is 2. The summed E-state index contributed by atoms with van der Waals surface area (Å²) in [6.07, 6.45) is 0. The zero-order chi connectivity index (χ0) is 20.4. The first kappa shape index (κ1) is 20.6. The van der Waals surface area contributed by atoms with Gasteiger partial charge in [0.25, 0.3) is 11.8 Å². The number of aliphatic carboxylic acids is 1. The van der Waals surface area contributed by atoms with E-state index in [-0.39, 0.29) is 16.6 Å². The number of thiophene rings is 1.